The van der Waals surface area contributed by atoms with Crippen molar-refractivity contribution >= 4 is 28.0 Å². The molecule has 3 aromatic rings. The summed E-state index contributed by atoms with van der Waals surface area (Å²) in [5.74, 6) is 0.252. The number of Topliss-reactive ketones (excluding diaryl/α,β-unsaturated/α-hetero) is 1. The Kier molecular flexibility index (Phi) is 2.57. The standard InChI is InChI=1S/C17H15NOS/c1-2-14(19)16-9-12-15(20-16)8-7-11-10-5-3-4-6-13(10)18-17(11)12/h3-6,9,18H,2,7-8H2,1H3. The number of benzene rings is 1. The van der Waals surface area contributed by atoms with Gasteiger partial charge in [0.1, 0.15) is 0 Å². The lowest BCUT2D eigenvalue weighted by atomic mass is 9.94. The minimum Gasteiger partial charge on any atom is -0.354 e. The molecule has 2 aromatic heterocycles. The topological polar surface area (TPSA) is 32.9 Å². The summed E-state index contributed by atoms with van der Waals surface area (Å²) in [7, 11) is 0. The number of para-hydroxylation sites is 1. The average Bonchev–Trinajstić information content (AvgIpc) is 3.07. The van der Waals surface area contributed by atoms with Gasteiger partial charge in [-0.2, -0.15) is 0 Å². The van der Waals surface area contributed by atoms with Gasteiger partial charge >= 0.3 is 0 Å². The number of nitrogens with one attached hydrogen (secondary N) is 1. The minimum atomic E-state index is 0.252. The van der Waals surface area contributed by atoms with Crippen molar-refractivity contribution in [3.63, 3.8) is 0 Å². The monoisotopic (exact) mass is 281 g/mol. The van der Waals surface area contributed by atoms with Crippen LogP contribution in [0.25, 0.3) is 22.2 Å². The van der Waals surface area contributed by atoms with E-state index >= 15 is 0 Å². The molecule has 0 radical (unpaired) electrons. The summed E-state index contributed by atoms with van der Waals surface area (Å²) in [6.45, 7) is 1.93. The first-order chi connectivity index (χ1) is 9.78. The number of ketones is 1. The number of aryl methyl sites for hydroxylation is 2. The molecule has 2 heterocycles. The van der Waals surface area contributed by atoms with E-state index in [4.69, 9.17) is 0 Å². The molecule has 0 bridgehead atoms. The molecule has 3 heteroatoms. The van der Waals surface area contributed by atoms with Crippen LogP contribution in [0.15, 0.2) is 30.3 Å². The average molecular weight is 281 g/mol. The molecular weight excluding hydrogens is 266 g/mol. The molecule has 0 unspecified atom stereocenters. The molecule has 0 amide bonds. The van der Waals surface area contributed by atoms with E-state index in [1.165, 1.54) is 32.6 Å². The predicted molar refractivity (Wildman–Crippen MR) is 83.6 cm³/mol. The quantitative estimate of drug-likeness (QED) is 0.685. The highest BCUT2D eigenvalue weighted by molar-refractivity contribution is 7.14. The van der Waals surface area contributed by atoms with E-state index in [-0.39, 0.29) is 5.78 Å². The van der Waals surface area contributed by atoms with Crippen molar-refractivity contribution in [2.75, 3.05) is 0 Å². The molecule has 0 fully saturated rings. The number of carbonyl (C=O) groups excluding carboxylic acids is 1. The predicted octanol–water partition coefficient (Wildman–Crippen LogP) is 4.59. The summed E-state index contributed by atoms with van der Waals surface area (Å²) in [5, 5.41) is 1.32. The number of rotatable bonds is 2. The second-order valence-corrected chi connectivity index (χ2v) is 6.39. The largest absolute Gasteiger partial charge is 0.354 e. The van der Waals surface area contributed by atoms with Gasteiger partial charge in [0.2, 0.25) is 0 Å². The van der Waals surface area contributed by atoms with E-state index in [9.17, 15) is 4.79 Å². The van der Waals surface area contributed by atoms with E-state index in [1.807, 2.05) is 6.92 Å². The molecule has 4 rings (SSSR count). The molecule has 0 saturated carbocycles. The maximum absolute atomic E-state index is 11.9. The summed E-state index contributed by atoms with van der Waals surface area (Å²) >= 11 is 1.67. The Morgan fingerprint density at radius 3 is 3.00 bits per heavy atom. The number of hydrogen-bond donors (Lipinski definition) is 1. The third kappa shape index (κ3) is 1.59. The van der Waals surface area contributed by atoms with Crippen LogP contribution >= 0.6 is 11.3 Å². The zero-order chi connectivity index (χ0) is 13.7. The van der Waals surface area contributed by atoms with Gasteiger partial charge in [0.05, 0.1) is 10.6 Å². The zero-order valence-electron chi connectivity index (χ0n) is 11.3. The third-order valence-corrected chi connectivity index (χ3v) is 5.33. The number of H-pyrrole nitrogens is 1. The lowest BCUT2D eigenvalue weighted by molar-refractivity contribution is 0.0992. The second-order valence-electron chi connectivity index (χ2n) is 5.25. The number of aromatic nitrogens is 1. The maximum atomic E-state index is 11.9. The van der Waals surface area contributed by atoms with Crippen molar-refractivity contribution in [1.82, 2.24) is 4.98 Å². The van der Waals surface area contributed by atoms with Crippen LogP contribution in [0.3, 0.4) is 0 Å². The van der Waals surface area contributed by atoms with E-state index in [1.54, 1.807) is 11.3 Å². The van der Waals surface area contributed by atoms with Crippen molar-refractivity contribution in [3.8, 4) is 11.3 Å². The van der Waals surface area contributed by atoms with E-state index in [2.05, 4.69) is 35.3 Å². The van der Waals surface area contributed by atoms with E-state index in [0.717, 1.165) is 17.7 Å². The van der Waals surface area contributed by atoms with Gasteiger partial charge in [-0.3, -0.25) is 4.79 Å². The summed E-state index contributed by atoms with van der Waals surface area (Å²) in [5.41, 5.74) is 5.06. The van der Waals surface area contributed by atoms with Crippen LogP contribution in [0, 0.1) is 0 Å². The molecule has 0 aliphatic heterocycles. The Morgan fingerprint density at radius 1 is 1.30 bits per heavy atom. The lowest BCUT2D eigenvalue weighted by Gasteiger charge is -2.11. The molecule has 2 nitrogen and oxygen atoms in total. The molecular formula is C17H15NOS. The van der Waals surface area contributed by atoms with E-state index < -0.39 is 0 Å². The number of fused-ring (bicyclic) bond motifs is 5. The van der Waals surface area contributed by atoms with E-state index in [0.29, 0.717) is 6.42 Å². The van der Waals surface area contributed by atoms with Gasteiger partial charge in [-0.05, 0) is 30.5 Å². The number of hydrogen-bond acceptors (Lipinski definition) is 2. The molecule has 100 valence electrons. The molecule has 0 spiro atoms. The van der Waals surface area contributed by atoms with Crippen LogP contribution in [0.4, 0.5) is 0 Å². The van der Waals surface area contributed by atoms with Crippen molar-refractivity contribution in [2.45, 2.75) is 26.2 Å². The van der Waals surface area contributed by atoms with Crippen LogP contribution in [0.5, 0.6) is 0 Å². The normalized spacial score (nSPS) is 13.2. The lowest BCUT2D eigenvalue weighted by Crippen LogP contribution is -1.98. The van der Waals surface area contributed by atoms with Gasteiger partial charge in [0.25, 0.3) is 0 Å². The van der Waals surface area contributed by atoms with Crippen LogP contribution in [-0.2, 0) is 12.8 Å². The van der Waals surface area contributed by atoms with Gasteiger partial charge in [-0.25, -0.2) is 0 Å². The van der Waals surface area contributed by atoms with Gasteiger partial charge in [0.15, 0.2) is 5.78 Å². The number of aromatic amines is 1. The molecule has 1 N–H and O–H groups in total. The fraction of sp³-hybridized carbons (Fsp3) is 0.235. The SMILES string of the molecule is CCC(=O)c1cc2c(s1)CCc1c-2[nH]c2ccccc12. The van der Waals surface area contributed by atoms with Crippen molar-refractivity contribution in [3.05, 3.63) is 45.6 Å². The molecule has 0 saturated heterocycles. The van der Waals surface area contributed by atoms with Gasteiger partial charge in [0, 0.05) is 27.8 Å². The fourth-order valence-corrected chi connectivity index (χ4v) is 4.24. The summed E-state index contributed by atoms with van der Waals surface area (Å²) < 4.78 is 0. The second kappa shape index (κ2) is 4.32. The fourth-order valence-electron chi connectivity index (χ4n) is 3.07. The van der Waals surface area contributed by atoms with Crippen molar-refractivity contribution in [1.29, 1.82) is 0 Å². The Bertz CT molecular complexity index is 825. The van der Waals surface area contributed by atoms with Crippen LogP contribution < -0.4 is 0 Å². The van der Waals surface area contributed by atoms with Crippen LogP contribution in [0.1, 0.15) is 33.5 Å². The Balaban J connectivity index is 1.94. The molecule has 20 heavy (non-hydrogen) atoms. The first kappa shape index (κ1) is 11.9. The maximum Gasteiger partial charge on any atom is 0.172 e. The summed E-state index contributed by atoms with van der Waals surface area (Å²) in [6.07, 6.45) is 2.69. The van der Waals surface area contributed by atoms with Gasteiger partial charge in [-0.1, -0.05) is 25.1 Å². The molecule has 0 atom stereocenters. The highest BCUT2D eigenvalue weighted by Gasteiger charge is 2.24. The van der Waals surface area contributed by atoms with Crippen molar-refractivity contribution in [2.24, 2.45) is 0 Å². The summed E-state index contributed by atoms with van der Waals surface area (Å²) in [6, 6.07) is 10.5. The molecule has 1 aliphatic rings. The van der Waals surface area contributed by atoms with Crippen LogP contribution in [-0.4, -0.2) is 10.8 Å². The number of carbonyl (C=O) groups is 1. The highest BCUT2D eigenvalue weighted by atomic mass is 32.1. The minimum absolute atomic E-state index is 0.252. The van der Waals surface area contributed by atoms with Crippen molar-refractivity contribution < 1.29 is 4.79 Å². The molecule has 1 aromatic carbocycles. The summed E-state index contributed by atoms with van der Waals surface area (Å²) in [4.78, 5) is 17.7. The Labute approximate surface area is 121 Å². The van der Waals surface area contributed by atoms with Gasteiger partial charge < -0.3 is 4.98 Å². The van der Waals surface area contributed by atoms with Gasteiger partial charge in [-0.15, -0.1) is 11.3 Å². The number of thiophene rings is 1. The Hall–Kier alpha value is -1.87. The Morgan fingerprint density at radius 2 is 2.15 bits per heavy atom. The first-order valence-electron chi connectivity index (χ1n) is 7.03. The first-order valence-corrected chi connectivity index (χ1v) is 7.85. The highest BCUT2D eigenvalue weighted by Crippen LogP contribution is 2.41. The third-order valence-electron chi connectivity index (χ3n) is 4.09. The van der Waals surface area contributed by atoms with Crippen LogP contribution in [0.2, 0.25) is 0 Å². The zero-order valence-corrected chi connectivity index (χ0v) is 12.1. The molecule has 1 aliphatic carbocycles. The smallest absolute Gasteiger partial charge is 0.172 e.